The van der Waals surface area contributed by atoms with Gasteiger partial charge in [-0.15, -0.1) is 0 Å². The van der Waals surface area contributed by atoms with Crippen molar-refractivity contribution in [2.75, 3.05) is 20.1 Å². The summed E-state index contributed by atoms with van der Waals surface area (Å²) in [5, 5.41) is 3.31. The highest BCUT2D eigenvalue weighted by atomic mass is 16.5. The fourth-order valence-electron chi connectivity index (χ4n) is 1.98. The van der Waals surface area contributed by atoms with Crippen LogP contribution in [0.1, 0.15) is 26.0 Å². The van der Waals surface area contributed by atoms with Crippen molar-refractivity contribution in [3.8, 4) is 5.75 Å². The number of pyridine rings is 1. The average Bonchev–Trinajstić information content (AvgIpc) is 2.82. The van der Waals surface area contributed by atoms with Crippen molar-refractivity contribution >= 4 is 0 Å². The highest BCUT2D eigenvalue weighted by Gasteiger charge is 2.16. The Hall–Kier alpha value is -1.13. The van der Waals surface area contributed by atoms with Gasteiger partial charge in [-0.1, -0.05) is 0 Å². The van der Waals surface area contributed by atoms with Gasteiger partial charge in [-0.2, -0.15) is 0 Å². The Labute approximate surface area is 109 Å². The molecule has 0 aliphatic carbocycles. The Morgan fingerprint density at radius 2 is 2.39 bits per heavy atom. The van der Waals surface area contributed by atoms with Crippen LogP contribution < -0.4 is 10.1 Å². The van der Waals surface area contributed by atoms with Gasteiger partial charge >= 0.3 is 0 Å². The summed E-state index contributed by atoms with van der Waals surface area (Å²) >= 11 is 0. The largest absolute Gasteiger partial charge is 0.489 e. The van der Waals surface area contributed by atoms with Crippen LogP contribution in [0, 0.1) is 0 Å². The molecule has 1 aliphatic rings. The Bertz CT molecular complexity index is 356. The van der Waals surface area contributed by atoms with E-state index in [0.717, 1.165) is 37.5 Å². The van der Waals surface area contributed by atoms with Crippen molar-refractivity contribution in [3.63, 3.8) is 0 Å². The first-order chi connectivity index (χ1) is 8.65. The SMILES string of the molecule is CC(C)N(C)Cc1cc(OC2CCNC2)ccn1. The normalized spacial score (nSPS) is 19.7. The van der Waals surface area contributed by atoms with Crippen molar-refractivity contribution in [1.82, 2.24) is 15.2 Å². The lowest BCUT2D eigenvalue weighted by molar-refractivity contribution is 0.221. The fraction of sp³-hybridized carbons (Fsp3) is 0.643. The van der Waals surface area contributed by atoms with Gasteiger partial charge in [0, 0.05) is 31.4 Å². The summed E-state index contributed by atoms with van der Waals surface area (Å²) < 4.78 is 5.94. The molecule has 1 fully saturated rings. The number of ether oxygens (including phenoxy) is 1. The van der Waals surface area contributed by atoms with Crippen LogP contribution in [0.4, 0.5) is 0 Å². The first kappa shape index (κ1) is 13.3. The van der Waals surface area contributed by atoms with E-state index < -0.39 is 0 Å². The first-order valence-corrected chi connectivity index (χ1v) is 6.67. The molecule has 1 saturated heterocycles. The third kappa shape index (κ3) is 3.68. The molecule has 100 valence electrons. The number of nitrogens with one attached hydrogen (secondary N) is 1. The van der Waals surface area contributed by atoms with E-state index in [1.165, 1.54) is 0 Å². The third-order valence-electron chi connectivity index (χ3n) is 3.40. The summed E-state index contributed by atoms with van der Waals surface area (Å²) in [5.41, 5.74) is 1.06. The molecule has 0 amide bonds. The summed E-state index contributed by atoms with van der Waals surface area (Å²) in [5.74, 6) is 0.936. The molecule has 18 heavy (non-hydrogen) atoms. The summed E-state index contributed by atoms with van der Waals surface area (Å²) in [6.45, 7) is 7.23. The van der Waals surface area contributed by atoms with E-state index in [9.17, 15) is 0 Å². The second-order valence-electron chi connectivity index (χ2n) is 5.22. The molecular formula is C14H23N3O. The number of rotatable bonds is 5. The van der Waals surface area contributed by atoms with Gasteiger partial charge in [-0.25, -0.2) is 0 Å². The van der Waals surface area contributed by atoms with Crippen molar-refractivity contribution in [1.29, 1.82) is 0 Å². The minimum atomic E-state index is 0.308. The van der Waals surface area contributed by atoms with Gasteiger partial charge in [0.25, 0.3) is 0 Å². The predicted octanol–water partition coefficient (Wildman–Crippen LogP) is 1.66. The monoisotopic (exact) mass is 249 g/mol. The highest BCUT2D eigenvalue weighted by molar-refractivity contribution is 5.23. The van der Waals surface area contributed by atoms with Crippen LogP contribution in [-0.2, 0) is 6.54 Å². The minimum absolute atomic E-state index is 0.308. The lowest BCUT2D eigenvalue weighted by Gasteiger charge is -2.20. The summed E-state index contributed by atoms with van der Waals surface area (Å²) in [7, 11) is 2.11. The van der Waals surface area contributed by atoms with Crippen LogP contribution in [0.5, 0.6) is 5.75 Å². The molecule has 1 aliphatic heterocycles. The minimum Gasteiger partial charge on any atom is -0.489 e. The zero-order chi connectivity index (χ0) is 13.0. The molecule has 1 atom stereocenters. The lowest BCUT2D eigenvalue weighted by atomic mass is 10.2. The quantitative estimate of drug-likeness (QED) is 0.861. The molecule has 0 radical (unpaired) electrons. The third-order valence-corrected chi connectivity index (χ3v) is 3.40. The van der Waals surface area contributed by atoms with Gasteiger partial charge in [0.1, 0.15) is 11.9 Å². The molecule has 0 spiro atoms. The molecule has 0 saturated carbocycles. The zero-order valence-electron chi connectivity index (χ0n) is 11.5. The van der Waals surface area contributed by atoms with Crippen LogP contribution in [0.3, 0.4) is 0 Å². The number of nitrogens with zero attached hydrogens (tertiary/aromatic N) is 2. The van der Waals surface area contributed by atoms with Crippen molar-refractivity contribution in [2.45, 2.75) is 39.0 Å². The zero-order valence-corrected chi connectivity index (χ0v) is 11.5. The van der Waals surface area contributed by atoms with E-state index in [0.29, 0.717) is 12.1 Å². The lowest BCUT2D eigenvalue weighted by Crippen LogP contribution is -2.26. The predicted molar refractivity (Wildman–Crippen MR) is 72.7 cm³/mol. The second-order valence-corrected chi connectivity index (χ2v) is 5.22. The fourth-order valence-corrected chi connectivity index (χ4v) is 1.98. The van der Waals surface area contributed by atoms with Crippen LogP contribution >= 0.6 is 0 Å². The molecule has 2 heterocycles. The second kappa shape index (κ2) is 6.16. The maximum Gasteiger partial charge on any atom is 0.123 e. The Kier molecular flexibility index (Phi) is 4.55. The number of hydrogen-bond acceptors (Lipinski definition) is 4. The van der Waals surface area contributed by atoms with Crippen LogP contribution in [-0.4, -0.2) is 42.2 Å². The summed E-state index contributed by atoms with van der Waals surface area (Å²) in [6, 6.07) is 4.52. The molecule has 1 aromatic heterocycles. The van der Waals surface area contributed by atoms with Crippen molar-refractivity contribution < 1.29 is 4.74 Å². The van der Waals surface area contributed by atoms with E-state index in [-0.39, 0.29) is 0 Å². The Morgan fingerprint density at radius 3 is 3.06 bits per heavy atom. The van der Waals surface area contributed by atoms with Crippen LogP contribution in [0.25, 0.3) is 0 Å². The molecule has 1 aromatic rings. The molecule has 0 bridgehead atoms. The van der Waals surface area contributed by atoms with Gasteiger partial charge in [-0.3, -0.25) is 9.88 Å². The molecule has 1 N–H and O–H groups in total. The van der Waals surface area contributed by atoms with Crippen molar-refractivity contribution in [2.24, 2.45) is 0 Å². The van der Waals surface area contributed by atoms with Gasteiger partial charge in [-0.05, 0) is 39.9 Å². The van der Waals surface area contributed by atoms with E-state index >= 15 is 0 Å². The van der Waals surface area contributed by atoms with E-state index in [1.54, 1.807) is 0 Å². The van der Waals surface area contributed by atoms with E-state index in [1.807, 2.05) is 12.3 Å². The summed E-state index contributed by atoms with van der Waals surface area (Å²) in [6.07, 6.45) is 3.23. The standard InChI is InChI=1S/C14H23N3O/c1-11(2)17(3)10-12-8-13(5-7-16-12)18-14-4-6-15-9-14/h5,7-8,11,14-15H,4,6,9-10H2,1-3H3. The van der Waals surface area contributed by atoms with Crippen LogP contribution in [0.2, 0.25) is 0 Å². The average molecular weight is 249 g/mol. The topological polar surface area (TPSA) is 37.4 Å². The maximum absolute atomic E-state index is 5.94. The number of aromatic nitrogens is 1. The van der Waals surface area contributed by atoms with Gasteiger partial charge in [0.15, 0.2) is 0 Å². The van der Waals surface area contributed by atoms with Gasteiger partial charge < -0.3 is 10.1 Å². The van der Waals surface area contributed by atoms with Gasteiger partial charge in [0.2, 0.25) is 0 Å². The molecule has 4 nitrogen and oxygen atoms in total. The smallest absolute Gasteiger partial charge is 0.123 e. The first-order valence-electron chi connectivity index (χ1n) is 6.67. The van der Waals surface area contributed by atoms with Crippen LogP contribution in [0.15, 0.2) is 18.3 Å². The molecule has 0 aromatic carbocycles. The molecule has 4 heteroatoms. The number of hydrogen-bond donors (Lipinski definition) is 1. The Morgan fingerprint density at radius 1 is 1.56 bits per heavy atom. The molecule has 1 unspecified atom stereocenters. The Balaban J connectivity index is 1.96. The van der Waals surface area contributed by atoms with Gasteiger partial charge in [0.05, 0.1) is 5.69 Å². The van der Waals surface area contributed by atoms with E-state index in [4.69, 9.17) is 4.74 Å². The summed E-state index contributed by atoms with van der Waals surface area (Å²) in [4.78, 5) is 6.67. The van der Waals surface area contributed by atoms with Crippen molar-refractivity contribution in [3.05, 3.63) is 24.0 Å². The molecular weight excluding hydrogens is 226 g/mol. The maximum atomic E-state index is 5.94. The molecule has 2 rings (SSSR count). The van der Waals surface area contributed by atoms with E-state index in [2.05, 4.69) is 42.2 Å². The highest BCUT2D eigenvalue weighted by Crippen LogP contribution is 2.16.